The zero-order valence-corrected chi connectivity index (χ0v) is 17.1. The van der Waals surface area contributed by atoms with Crippen molar-refractivity contribution in [2.75, 3.05) is 0 Å². The second-order valence-electron chi connectivity index (χ2n) is 7.39. The minimum atomic E-state index is 1.10. The van der Waals surface area contributed by atoms with Gasteiger partial charge in [-0.3, -0.25) is 0 Å². The molecule has 2 nitrogen and oxygen atoms in total. The monoisotopic (exact) mass is 347 g/mol. The fourth-order valence-electron chi connectivity index (χ4n) is 3.44. The normalized spacial score (nSPS) is 11.6. The summed E-state index contributed by atoms with van der Waals surface area (Å²) in [6.45, 7) is 5.67. The van der Waals surface area contributed by atoms with Crippen LogP contribution < -0.4 is 4.57 Å². The lowest BCUT2D eigenvalue weighted by Crippen LogP contribution is -2.35. The number of aryl methyl sites for hydroxylation is 2. The van der Waals surface area contributed by atoms with E-state index in [1.807, 2.05) is 0 Å². The van der Waals surface area contributed by atoms with Crippen molar-refractivity contribution in [3.8, 4) is 0 Å². The van der Waals surface area contributed by atoms with E-state index in [9.17, 15) is 0 Å². The first kappa shape index (κ1) is 22.0. The van der Waals surface area contributed by atoms with Crippen LogP contribution in [0.25, 0.3) is 0 Å². The summed E-state index contributed by atoms with van der Waals surface area (Å²) in [7, 11) is 0. The lowest BCUT2D eigenvalue weighted by molar-refractivity contribution is -0.703. The minimum Gasteiger partial charge on any atom is -0.248 e. The molecule has 0 aliphatic heterocycles. The summed E-state index contributed by atoms with van der Waals surface area (Å²) in [6, 6.07) is 0. The molecule has 1 N–H and O–H groups in total. The average molecular weight is 348 g/mol. The van der Waals surface area contributed by atoms with Crippen LogP contribution in [0.4, 0.5) is 0 Å². The van der Waals surface area contributed by atoms with Crippen molar-refractivity contribution in [2.45, 2.75) is 117 Å². The van der Waals surface area contributed by atoms with E-state index in [-0.39, 0.29) is 0 Å². The molecule has 1 heterocycles. The van der Waals surface area contributed by atoms with E-state index in [1.165, 1.54) is 102 Å². The Morgan fingerprint density at radius 1 is 0.760 bits per heavy atom. The highest BCUT2D eigenvalue weighted by atomic mass is 15.1. The molecule has 25 heavy (non-hydrogen) atoms. The molecule has 2 heteroatoms. The van der Waals surface area contributed by atoms with E-state index in [1.54, 1.807) is 0 Å². The number of aromatic amines is 1. The van der Waals surface area contributed by atoms with E-state index in [0.29, 0.717) is 0 Å². The van der Waals surface area contributed by atoms with Gasteiger partial charge in [-0.05, 0) is 38.5 Å². The van der Waals surface area contributed by atoms with Crippen molar-refractivity contribution >= 4 is 0 Å². The number of H-pyrrole nitrogens is 1. The van der Waals surface area contributed by atoms with E-state index in [4.69, 9.17) is 0 Å². The number of imidazole rings is 1. The van der Waals surface area contributed by atoms with Crippen molar-refractivity contribution < 1.29 is 4.57 Å². The Labute approximate surface area is 157 Å². The lowest BCUT2D eigenvalue weighted by atomic mass is 10.1. The highest BCUT2D eigenvalue weighted by molar-refractivity contribution is 4.81. The predicted octanol–water partition coefficient (Wildman–Crippen LogP) is 6.90. The predicted molar refractivity (Wildman–Crippen MR) is 110 cm³/mol. The fraction of sp³-hybridized carbons (Fsp3) is 0.783. The Morgan fingerprint density at radius 2 is 1.32 bits per heavy atom. The molecular weight excluding hydrogens is 304 g/mol. The van der Waals surface area contributed by atoms with Gasteiger partial charge in [-0.15, -0.1) is 0 Å². The Balaban J connectivity index is 1.80. The summed E-state index contributed by atoms with van der Waals surface area (Å²) in [5.41, 5.74) is 0. The van der Waals surface area contributed by atoms with Gasteiger partial charge in [0.15, 0.2) is 0 Å². The van der Waals surface area contributed by atoms with Crippen LogP contribution in [0.1, 0.15) is 110 Å². The zero-order valence-electron chi connectivity index (χ0n) is 17.1. The maximum atomic E-state index is 3.32. The van der Waals surface area contributed by atoms with Gasteiger partial charge in [0.25, 0.3) is 5.82 Å². The first-order valence-corrected chi connectivity index (χ1v) is 11.1. The average Bonchev–Trinajstić information content (AvgIpc) is 3.09. The summed E-state index contributed by atoms with van der Waals surface area (Å²) in [5, 5.41) is 0. The molecule has 0 unspecified atom stereocenters. The molecule has 1 aromatic heterocycles. The molecule has 0 spiro atoms. The number of aromatic nitrogens is 2. The number of nitrogens with zero attached hydrogens (tertiary/aromatic N) is 1. The van der Waals surface area contributed by atoms with Gasteiger partial charge in [0, 0.05) is 6.42 Å². The van der Waals surface area contributed by atoms with E-state index >= 15 is 0 Å². The zero-order chi connectivity index (χ0) is 18.0. The Bertz CT molecular complexity index is 419. The second kappa shape index (κ2) is 16.4. The van der Waals surface area contributed by atoms with E-state index in [2.05, 4.69) is 47.9 Å². The second-order valence-corrected chi connectivity index (χ2v) is 7.39. The summed E-state index contributed by atoms with van der Waals surface area (Å²) >= 11 is 0. The first-order valence-electron chi connectivity index (χ1n) is 11.1. The van der Waals surface area contributed by atoms with Crippen LogP contribution in [0.5, 0.6) is 0 Å². The van der Waals surface area contributed by atoms with Crippen molar-refractivity contribution in [1.82, 2.24) is 4.98 Å². The van der Waals surface area contributed by atoms with Gasteiger partial charge in [-0.25, -0.2) is 9.55 Å². The smallest absolute Gasteiger partial charge is 0.248 e. The highest BCUT2D eigenvalue weighted by Crippen LogP contribution is 2.10. The maximum Gasteiger partial charge on any atom is 0.253 e. The summed E-state index contributed by atoms with van der Waals surface area (Å²) in [4.78, 5) is 3.32. The van der Waals surface area contributed by atoms with E-state index < -0.39 is 0 Å². The van der Waals surface area contributed by atoms with Gasteiger partial charge in [0.05, 0.1) is 6.54 Å². The van der Waals surface area contributed by atoms with Crippen molar-refractivity contribution in [3.63, 3.8) is 0 Å². The third-order valence-corrected chi connectivity index (χ3v) is 5.10. The molecule has 1 aromatic rings. The van der Waals surface area contributed by atoms with Crippen LogP contribution in [0.3, 0.4) is 0 Å². The number of unbranched alkanes of at least 4 members (excludes halogenated alkanes) is 12. The van der Waals surface area contributed by atoms with Crippen LogP contribution in [-0.4, -0.2) is 4.98 Å². The first-order chi connectivity index (χ1) is 12.4. The molecule has 1 rings (SSSR count). The molecule has 0 fully saturated rings. The Kier molecular flexibility index (Phi) is 14.4. The fourth-order valence-corrected chi connectivity index (χ4v) is 3.44. The molecule has 0 radical (unpaired) electrons. The quantitative estimate of drug-likeness (QED) is 0.180. The van der Waals surface area contributed by atoms with Gasteiger partial charge in [-0.1, -0.05) is 77.4 Å². The largest absolute Gasteiger partial charge is 0.253 e. The lowest BCUT2D eigenvalue weighted by Gasteiger charge is -2.01. The number of nitrogens with one attached hydrogen (secondary N) is 1. The summed E-state index contributed by atoms with van der Waals surface area (Å²) in [6.07, 6.45) is 29.5. The van der Waals surface area contributed by atoms with Gasteiger partial charge in [0.1, 0.15) is 12.4 Å². The standard InChI is InChI=1S/C23H42N2/c1-3-5-6-7-8-9-10-11-12-13-14-15-16-17-18-19-21-25-22-20-24-23(25)4-2/h11-12,20,22H,3-10,13-19,21H2,1-2H3/p+1/b12-11-. The van der Waals surface area contributed by atoms with Crippen molar-refractivity contribution in [1.29, 1.82) is 0 Å². The van der Waals surface area contributed by atoms with Gasteiger partial charge in [-0.2, -0.15) is 0 Å². The van der Waals surface area contributed by atoms with Gasteiger partial charge < -0.3 is 0 Å². The van der Waals surface area contributed by atoms with E-state index in [0.717, 1.165) is 6.42 Å². The third kappa shape index (κ3) is 12.0. The molecule has 144 valence electrons. The van der Waals surface area contributed by atoms with Crippen LogP contribution >= 0.6 is 0 Å². The molecule has 0 saturated heterocycles. The Morgan fingerprint density at radius 3 is 1.92 bits per heavy atom. The molecule has 0 amide bonds. The topological polar surface area (TPSA) is 19.7 Å². The number of allylic oxidation sites excluding steroid dienone is 2. The van der Waals surface area contributed by atoms with Crippen LogP contribution in [-0.2, 0) is 13.0 Å². The molecule has 0 aliphatic rings. The molecule has 0 atom stereocenters. The van der Waals surface area contributed by atoms with Crippen molar-refractivity contribution in [3.05, 3.63) is 30.4 Å². The highest BCUT2D eigenvalue weighted by Gasteiger charge is 2.06. The van der Waals surface area contributed by atoms with Crippen molar-refractivity contribution in [2.24, 2.45) is 0 Å². The number of rotatable bonds is 17. The van der Waals surface area contributed by atoms with Crippen LogP contribution in [0, 0.1) is 0 Å². The number of hydrogen-bond donors (Lipinski definition) is 1. The molecule has 0 saturated carbocycles. The van der Waals surface area contributed by atoms with Gasteiger partial charge in [0.2, 0.25) is 0 Å². The SMILES string of the molecule is CCCCCCCC/C=C\CCCCCCCC[n+]1cc[nH]c1CC. The third-order valence-electron chi connectivity index (χ3n) is 5.10. The van der Waals surface area contributed by atoms with Crippen LogP contribution in [0.15, 0.2) is 24.5 Å². The minimum absolute atomic E-state index is 1.10. The molecule has 0 aliphatic carbocycles. The Hall–Kier alpha value is -1.05. The van der Waals surface area contributed by atoms with Gasteiger partial charge >= 0.3 is 0 Å². The number of hydrogen-bond acceptors (Lipinski definition) is 0. The van der Waals surface area contributed by atoms with Crippen LogP contribution in [0.2, 0.25) is 0 Å². The molecule has 0 bridgehead atoms. The molecule has 0 aromatic carbocycles. The molecular formula is C23H43N2+. The maximum absolute atomic E-state index is 3.32. The summed E-state index contributed by atoms with van der Waals surface area (Å²) in [5.74, 6) is 1.35. The summed E-state index contributed by atoms with van der Waals surface area (Å²) < 4.78 is 2.37.